The number of nitrogens with zero attached hydrogens (tertiary/aromatic N) is 1. The standard InChI is InChI=1S/C15H24ClN3O.HI/c1-4-6-9-18-15(17-5-2)19-11-12-7-8-13(16)10-14(12)20-3;/h7-8,10H,4-6,9,11H2,1-3H3,(H2,17,18,19);1H. The molecule has 4 nitrogen and oxygen atoms in total. The van der Waals surface area contributed by atoms with Crippen LogP contribution in [0.25, 0.3) is 0 Å². The Morgan fingerprint density at radius 2 is 2.05 bits per heavy atom. The topological polar surface area (TPSA) is 45.7 Å². The minimum Gasteiger partial charge on any atom is -0.496 e. The predicted molar refractivity (Wildman–Crippen MR) is 101 cm³/mol. The van der Waals surface area contributed by atoms with Gasteiger partial charge in [0, 0.05) is 23.7 Å². The van der Waals surface area contributed by atoms with Crippen LogP contribution in [-0.2, 0) is 6.54 Å². The number of benzene rings is 1. The molecule has 1 aromatic rings. The van der Waals surface area contributed by atoms with Crippen molar-refractivity contribution in [1.29, 1.82) is 0 Å². The average Bonchev–Trinajstić information content (AvgIpc) is 2.45. The van der Waals surface area contributed by atoms with Gasteiger partial charge in [0.25, 0.3) is 0 Å². The maximum absolute atomic E-state index is 5.95. The second-order valence-corrected chi connectivity index (χ2v) is 4.87. The van der Waals surface area contributed by atoms with Crippen LogP contribution in [0.1, 0.15) is 32.3 Å². The van der Waals surface area contributed by atoms with Gasteiger partial charge in [-0.3, -0.25) is 0 Å². The molecule has 2 N–H and O–H groups in total. The molecule has 0 aliphatic rings. The lowest BCUT2D eigenvalue weighted by atomic mass is 10.2. The summed E-state index contributed by atoms with van der Waals surface area (Å²) < 4.78 is 5.32. The van der Waals surface area contributed by atoms with E-state index in [2.05, 4.69) is 29.5 Å². The van der Waals surface area contributed by atoms with E-state index in [1.165, 1.54) is 0 Å². The van der Waals surface area contributed by atoms with Crippen molar-refractivity contribution in [2.75, 3.05) is 20.2 Å². The molecule has 0 saturated carbocycles. The Morgan fingerprint density at radius 1 is 1.29 bits per heavy atom. The number of guanidine groups is 1. The van der Waals surface area contributed by atoms with Crippen LogP contribution in [0.4, 0.5) is 0 Å². The Balaban J connectivity index is 0.00000400. The van der Waals surface area contributed by atoms with Gasteiger partial charge in [-0.2, -0.15) is 0 Å². The van der Waals surface area contributed by atoms with Crippen molar-refractivity contribution >= 4 is 41.5 Å². The zero-order valence-corrected chi connectivity index (χ0v) is 16.0. The van der Waals surface area contributed by atoms with Gasteiger partial charge in [-0.15, -0.1) is 24.0 Å². The highest BCUT2D eigenvalue weighted by atomic mass is 127. The molecule has 1 aromatic carbocycles. The van der Waals surface area contributed by atoms with E-state index < -0.39 is 0 Å². The molecule has 0 aromatic heterocycles. The summed E-state index contributed by atoms with van der Waals surface area (Å²) in [7, 11) is 1.64. The van der Waals surface area contributed by atoms with E-state index in [0.29, 0.717) is 11.6 Å². The maximum atomic E-state index is 5.95. The Morgan fingerprint density at radius 3 is 2.67 bits per heavy atom. The molecule has 0 heterocycles. The van der Waals surface area contributed by atoms with Crippen molar-refractivity contribution in [3.63, 3.8) is 0 Å². The van der Waals surface area contributed by atoms with Gasteiger partial charge in [0.1, 0.15) is 5.75 Å². The Kier molecular flexibility index (Phi) is 11.5. The van der Waals surface area contributed by atoms with E-state index >= 15 is 0 Å². The molecule has 1 rings (SSSR count). The lowest BCUT2D eigenvalue weighted by molar-refractivity contribution is 0.410. The van der Waals surface area contributed by atoms with Gasteiger partial charge in [0.2, 0.25) is 0 Å². The first-order chi connectivity index (χ1) is 9.71. The van der Waals surface area contributed by atoms with Crippen LogP contribution in [0.2, 0.25) is 5.02 Å². The highest BCUT2D eigenvalue weighted by Gasteiger charge is 2.04. The summed E-state index contributed by atoms with van der Waals surface area (Å²) in [5.41, 5.74) is 1.02. The number of hydrogen-bond donors (Lipinski definition) is 2. The summed E-state index contributed by atoms with van der Waals surface area (Å²) in [5.74, 6) is 1.60. The quantitative estimate of drug-likeness (QED) is 0.302. The predicted octanol–water partition coefficient (Wildman–Crippen LogP) is 3.82. The minimum atomic E-state index is 0. The van der Waals surface area contributed by atoms with Crippen LogP contribution in [0.3, 0.4) is 0 Å². The number of rotatable bonds is 7. The van der Waals surface area contributed by atoms with Crippen molar-refractivity contribution in [1.82, 2.24) is 10.6 Å². The van der Waals surface area contributed by atoms with E-state index in [9.17, 15) is 0 Å². The number of methoxy groups -OCH3 is 1. The minimum absolute atomic E-state index is 0. The third kappa shape index (κ3) is 7.76. The first kappa shape index (κ1) is 20.3. The molecule has 0 bridgehead atoms. The van der Waals surface area contributed by atoms with Gasteiger partial charge >= 0.3 is 0 Å². The summed E-state index contributed by atoms with van der Waals surface area (Å²) in [6.07, 6.45) is 2.30. The molecule has 0 radical (unpaired) electrons. The molecule has 0 saturated heterocycles. The lowest BCUT2D eigenvalue weighted by Crippen LogP contribution is -2.37. The van der Waals surface area contributed by atoms with Crippen LogP contribution >= 0.6 is 35.6 Å². The Labute approximate surface area is 149 Å². The molecule has 0 aliphatic carbocycles. The lowest BCUT2D eigenvalue weighted by Gasteiger charge is -2.12. The van der Waals surface area contributed by atoms with Crippen LogP contribution in [0, 0.1) is 0 Å². The average molecular weight is 426 g/mol. The van der Waals surface area contributed by atoms with E-state index in [1.807, 2.05) is 18.2 Å². The largest absolute Gasteiger partial charge is 0.496 e. The second kappa shape index (κ2) is 11.9. The fraction of sp³-hybridized carbons (Fsp3) is 0.533. The molecule has 0 amide bonds. The molecule has 6 heteroatoms. The van der Waals surface area contributed by atoms with Crippen LogP contribution in [-0.4, -0.2) is 26.2 Å². The molecule has 0 unspecified atom stereocenters. The zero-order valence-electron chi connectivity index (χ0n) is 12.9. The number of nitrogens with one attached hydrogen (secondary N) is 2. The van der Waals surface area contributed by atoms with E-state index in [4.69, 9.17) is 16.3 Å². The van der Waals surface area contributed by atoms with Crippen molar-refractivity contribution in [3.05, 3.63) is 28.8 Å². The summed E-state index contributed by atoms with van der Waals surface area (Å²) in [6, 6.07) is 5.61. The van der Waals surface area contributed by atoms with Crippen molar-refractivity contribution < 1.29 is 4.74 Å². The highest BCUT2D eigenvalue weighted by molar-refractivity contribution is 14.0. The SMILES string of the molecule is CCCCNC(=NCc1ccc(Cl)cc1OC)NCC.I. The number of unbranched alkanes of at least 4 members (excludes halogenated alkanes) is 1. The summed E-state index contributed by atoms with van der Waals surface area (Å²) in [5, 5.41) is 7.21. The van der Waals surface area contributed by atoms with E-state index in [1.54, 1.807) is 7.11 Å². The third-order valence-corrected chi connectivity index (χ3v) is 3.06. The number of hydrogen-bond acceptors (Lipinski definition) is 2. The first-order valence-corrected chi connectivity index (χ1v) is 7.43. The maximum Gasteiger partial charge on any atom is 0.191 e. The number of ether oxygens (including phenoxy) is 1. The molecular weight excluding hydrogens is 401 g/mol. The van der Waals surface area contributed by atoms with Gasteiger partial charge in [0.15, 0.2) is 5.96 Å². The van der Waals surface area contributed by atoms with Crippen molar-refractivity contribution in [3.8, 4) is 5.75 Å². The summed E-state index contributed by atoms with van der Waals surface area (Å²) in [4.78, 5) is 4.57. The third-order valence-electron chi connectivity index (χ3n) is 2.82. The number of aliphatic imine (C=N–C) groups is 1. The molecule has 0 spiro atoms. The number of halogens is 2. The highest BCUT2D eigenvalue weighted by Crippen LogP contribution is 2.23. The monoisotopic (exact) mass is 425 g/mol. The molecule has 0 atom stereocenters. The normalized spacial score (nSPS) is 10.8. The van der Waals surface area contributed by atoms with Crippen LogP contribution in [0.5, 0.6) is 5.75 Å². The molecule has 120 valence electrons. The molecular formula is C15H25ClIN3O. The fourth-order valence-electron chi connectivity index (χ4n) is 1.74. The smallest absolute Gasteiger partial charge is 0.191 e. The van der Waals surface area contributed by atoms with Crippen LogP contribution < -0.4 is 15.4 Å². The molecule has 0 aliphatic heterocycles. The van der Waals surface area contributed by atoms with Crippen molar-refractivity contribution in [2.24, 2.45) is 4.99 Å². The Hall–Kier alpha value is -0.690. The van der Waals surface area contributed by atoms with Gasteiger partial charge in [-0.05, 0) is 25.5 Å². The molecule has 0 fully saturated rings. The fourth-order valence-corrected chi connectivity index (χ4v) is 1.90. The van der Waals surface area contributed by atoms with Gasteiger partial charge in [0.05, 0.1) is 13.7 Å². The van der Waals surface area contributed by atoms with Gasteiger partial charge < -0.3 is 15.4 Å². The van der Waals surface area contributed by atoms with E-state index in [-0.39, 0.29) is 24.0 Å². The van der Waals surface area contributed by atoms with Gasteiger partial charge in [-0.25, -0.2) is 4.99 Å². The zero-order chi connectivity index (χ0) is 14.8. The van der Waals surface area contributed by atoms with Crippen molar-refractivity contribution in [2.45, 2.75) is 33.2 Å². The first-order valence-electron chi connectivity index (χ1n) is 7.05. The molecule has 21 heavy (non-hydrogen) atoms. The Bertz CT molecular complexity index is 441. The second-order valence-electron chi connectivity index (χ2n) is 4.43. The van der Waals surface area contributed by atoms with Gasteiger partial charge in [-0.1, -0.05) is 31.0 Å². The van der Waals surface area contributed by atoms with Crippen LogP contribution in [0.15, 0.2) is 23.2 Å². The summed E-state index contributed by atoms with van der Waals surface area (Å²) >= 11 is 5.95. The van der Waals surface area contributed by atoms with E-state index in [0.717, 1.165) is 43.2 Å². The summed E-state index contributed by atoms with van der Waals surface area (Å²) in [6.45, 7) is 6.56.